The maximum atomic E-state index is 13.6. The lowest BCUT2D eigenvalue weighted by Crippen LogP contribution is -2.42. The van der Waals surface area contributed by atoms with Gasteiger partial charge in [-0.3, -0.25) is 9.36 Å². The second-order valence-corrected chi connectivity index (χ2v) is 11.5. The Balaban J connectivity index is 1.46. The second-order valence-electron chi connectivity index (χ2n) is 9.50. The molecule has 1 aromatic carbocycles. The molecular weight excluding hydrogens is 450 g/mol. The molecule has 34 heavy (non-hydrogen) atoms. The minimum atomic E-state index is -3.16. The molecule has 180 valence electrons. The lowest BCUT2D eigenvalue weighted by molar-refractivity contribution is 0.331. The summed E-state index contributed by atoms with van der Waals surface area (Å²) in [5.41, 5.74) is 2.59. The summed E-state index contributed by atoms with van der Waals surface area (Å²) in [6.07, 6.45) is 9.24. The highest BCUT2D eigenvalue weighted by molar-refractivity contribution is 7.88. The van der Waals surface area contributed by atoms with E-state index < -0.39 is 10.0 Å². The summed E-state index contributed by atoms with van der Waals surface area (Å²) in [6.45, 7) is 0.972. The van der Waals surface area contributed by atoms with Gasteiger partial charge in [0.15, 0.2) is 0 Å². The molecule has 0 atom stereocenters. The molecule has 5 rings (SSSR count). The molecule has 3 aromatic rings. The van der Waals surface area contributed by atoms with Crippen molar-refractivity contribution in [2.24, 2.45) is 0 Å². The Hall–Kier alpha value is -2.78. The van der Waals surface area contributed by atoms with E-state index in [0.29, 0.717) is 43.9 Å². The number of sulfonamides is 1. The highest BCUT2D eigenvalue weighted by Crippen LogP contribution is 2.31. The van der Waals surface area contributed by atoms with Crippen LogP contribution < -0.4 is 10.9 Å². The van der Waals surface area contributed by atoms with Gasteiger partial charge in [-0.25, -0.2) is 17.7 Å². The first-order valence-electron chi connectivity index (χ1n) is 12.1. The van der Waals surface area contributed by atoms with E-state index in [0.717, 1.165) is 42.2 Å². The van der Waals surface area contributed by atoms with E-state index in [2.05, 4.69) is 10.3 Å². The molecule has 1 N–H and O–H groups in total. The van der Waals surface area contributed by atoms with Gasteiger partial charge in [-0.05, 0) is 37.3 Å². The molecule has 2 aliphatic rings. The number of piperidine rings is 1. The van der Waals surface area contributed by atoms with Gasteiger partial charge in [0, 0.05) is 48.7 Å². The third-order valence-electron chi connectivity index (χ3n) is 7.03. The van der Waals surface area contributed by atoms with Crippen molar-refractivity contribution in [3.8, 4) is 0 Å². The summed E-state index contributed by atoms with van der Waals surface area (Å²) in [5.74, 6) is 0.493. The quantitative estimate of drug-likeness (QED) is 0.580. The minimum absolute atomic E-state index is 0.0364. The Morgan fingerprint density at radius 3 is 2.44 bits per heavy atom. The number of nitrogens with zero attached hydrogens (tertiary/aromatic N) is 4. The summed E-state index contributed by atoms with van der Waals surface area (Å²) in [5, 5.41) is 4.25. The molecule has 0 amide bonds. The molecular formula is C25H31N5O3S. The van der Waals surface area contributed by atoms with Crippen LogP contribution in [0.2, 0.25) is 0 Å². The zero-order valence-corrected chi connectivity index (χ0v) is 20.3. The zero-order chi connectivity index (χ0) is 23.7. The molecule has 8 nitrogen and oxygen atoms in total. The van der Waals surface area contributed by atoms with Gasteiger partial charge in [0.25, 0.3) is 5.56 Å². The summed E-state index contributed by atoms with van der Waals surface area (Å²) >= 11 is 0. The first-order valence-corrected chi connectivity index (χ1v) is 13.9. The fourth-order valence-corrected chi connectivity index (χ4v) is 6.08. The second kappa shape index (κ2) is 9.46. The van der Waals surface area contributed by atoms with Crippen LogP contribution in [0.5, 0.6) is 0 Å². The SMILES string of the molecule is CS(=O)(=O)N1CCC(Nc2ncc3cc(Cc4ccccc4)c(=O)n(C4CCCC4)c3n2)CC1. The minimum Gasteiger partial charge on any atom is -0.351 e. The van der Waals surface area contributed by atoms with Crippen molar-refractivity contribution in [1.29, 1.82) is 0 Å². The Bertz CT molecular complexity index is 1330. The number of pyridine rings is 1. The average molecular weight is 482 g/mol. The number of hydrogen-bond donors (Lipinski definition) is 1. The highest BCUT2D eigenvalue weighted by Gasteiger charge is 2.26. The molecule has 1 saturated heterocycles. The van der Waals surface area contributed by atoms with Crippen LogP contribution in [0.4, 0.5) is 5.95 Å². The van der Waals surface area contributed by atoms with Crippen LogP contribution in [0.15, 0.2) is 47.4 Å². The van der Waals surface area contributed by atoms with E-state index in [1.54, 1.807) is 6.20 Å². The number of rotatable bonds is 6. The van der Waals surface area contributed by atoms with Gasteiger partial charge >= 0.3 is 0 Å². The Morgan fingerprint density at radius 2 is 1.76 bits per heavy atom. The monoisotopic (exact) mass is 481 g/mol. The van der Waals surface area contributed by atoms with Gasteiger partial charge in [-0.2, -0.15) is 4.98 Å². The number of hydrogen-bond acceptors (Lipinski definition) is 6. The molecule has 9 heteroatoms. The van der Waals surface area contributed by atoms with E-state index in [1.807, 2.05) is 41.0 Å². The molecule has 0 bridgehead atoms. The van der Waals surface area contributed by atoms with Crippen LogP contribution in [-0.4, -0.2) is 52.6 Å². The van der Waals surface area contributed by atoms with Crippen molar-refractivity contribution in [1.82, 2.24) is 18.8 Å². The van der Waals surface area contributed by atoms with Crippen molar-refractivity contribution in [3.05, 3.63) is 64.1 Å². The molecule has 0 radical (unpaired) electrons. The van der Waals surface area contributed by atoms with Crippen molar-refractivity contribution in [2.45, 2.75) is 57.0 Å². The average Bonchev–Trinajstić information content (AvgIpc) is 3.35. The third-order valence-corrected chi connectivity index (χ3v) is 8.33. The topological polar surface area (TPSA) is 97.2 Å². The van der Waals surface area contributed by atoms with Gasteiger partial charge < -0.3 is 5.32 Å². The fourth-order valence-electron chi connectivity index (χ4n) is 5.20. The summed E-state index contributed by atoms with van der Waals surface area (Å²) in [4.78, 5) is 23.0. The normalized spacial score (nSPS) is 18.5. The van der Waals surface area contributed by atoms with Gasteiger partial charge in [0.2, 0.25) is 16.0 Å². The maximum absolute atomic E-state index is 13.6. The predicted octanol–water partition coefficient (Wildman–Crippen LogP) is 3.33. The van der Waals surface area contributed by atoms with E-state index in [1.165, 1.54) is 10.6 Å². The van der Waals surface area contributed by atoms with Crippen molar-refractivity contribution < 1.29 is 8.42 Å². The summed E-state index contributed by atoms with van der Waals surface area (Å²) in [6, 6.07) is 12.2. The number of fused-ring (bicyclic) bond motifs is 1. The highest BCUT2D eigenvalue weighted by atomic mass is 32.2. The van der Waals surface area contributed by atoms with Crippen LogP contribution in [0.1, 0.15) is 55.7 Å². The van der Waals surface area contributed by atoms with Crippen LogP contribution in [0.3, 0.4) is 0 Å². The largest absolute Gasteiger partial charge is 0.351 e. The number of nitrogens with one attached hydrogen (secondary N) is 1. The molecule has 1 aliphatic carbocycles. The third kappa shape index (κ3) is 4.86. The first-order chi connectivity index (χ1) is 16.4. The lowest BCUT2D eigenvalue weighted by Gasteiger charge is -2.30. The van der Waals surface area contributed by atoms with Crippen molar-refractivity contribution in [2.75, 3.05) is 24.7 Å². The van der Waals surface area contributed by atoms with Gasteiger partial charge in [0.05, 0.1) is 6.26 Å². The molecule has 2 aromatic heterocycles. The van der Waals surface area contributed by atoms with E-state index in [-0.39, 0.29) is 17.6 Å². The van der Waals surface area contributed by atoms with E-state index in [4.69, 9.17) is 4.98 Å². The number of aromatic nitrogens is 3. The number of anilines is 1. The first kappa shape index (κ1) is 23.0. The van der Waals surface area contributed by atoms with Gasteiger partial charge in [-0.1, -0.05) is 43.2 Å². The maximum Gasteiger partial charge on any atom is 0.256 e. The Morgan fingerprint density at radius 1 is 1.06 bits per heavy atom. The van der Waals surface area contributed by atoms with Crippen LogP contribution in [0, 0.1) is 0 Å². The molecule has 1 saturated carbocycles. The molecule has 2 fully saturated rings. The number of benzene rings is 1. The van der Waals surface area contributed by atoms with Crippen LogP contribution in [0.25, 0.3) is 11.0 Å². The fraction of sp³-hybridized carbons (Fsp3) is 0.480. The molecule has 1 aliphatic heterocycles. The zero-order valence-electron chi connectivity index (χ0n) is 19.5. The summed E-state index contributed by atoms with van der Waals surface area (Å²) in [7, 11) is -3.16. The Labute approximate surface area is 200 Å². The smallest absolute Gasteiger partial charge is 0.256 e. The van der Waals surface area contributed by atoms with Gasteiger partial charge in [0.1, 0.15) is 5.65 Å². The standard InChI is InChI=1S/C25H31N5O3S/c1-34(32,33)29-13-11-21(12-14-29)27-25-26-17-20-16-19(15-18-7-3-2-4-8-18)24(31)30(23(20)28-25)22-9-5-6-10-22/h2-4,7-8,16-17,21-22H,5-6,9-15H2,1H3,(H,26,27,28). The summed E-state index contributed by atoms with van der Waals surface area (Å²) < 4.78 is 27.0. The molecule has 3 heterocycles. The predicted molar refractivity (Wildman–Crippen MR) is 134 cm³/mol. The van der Waals surface area contributed by atoms with E-state index >= 15 is 0 Å². The van der Waals surface area contributed by atoms with Crippen LogP contribution in [-0.2, 0) is 16.4 Å². The van der Waals surface area contributed by atoms with Crippen molar-refractivity contribution in [3.63, 3.8) is 0 Å². The lowest BCUT2D eigenvalue weighted by atomic mass is 10.0. The van der Waals surface area contributed by atoms with E-state index in [9.17, 15) is 13.2 Å². The van der Waals surface area contributed by atoms with Crippen molar-refractivity contribution >= 4 is 27.0 Å². The molecule has 0 unspecified atom stereocenters. The van der Waals surface area contributed by atoms with Gasteiger partial charge in [-0.15, -0.1) is 0 Å². The molecule has 0 spiro atoms. The van der Waals surface area contributed by atoms with Crippen LogP contribution >= 0.6 is 0 Å². The Kier molecular flexibility index (Phi) is 6.40.